The van der Waals surface area contributed by atoms with Crippen molar-refractivity contribution in [3.63, 3.8) is 0 Å². The molecule has 0 aromatic heterocycles. The summed E-state index contributed by atoms with van der Waals surface area (Å²) in [6.45, 7) is 1.06. The summed E-state index contributed by atoms with van der Waals surface area (Å²) < 4.78 is 37.7. The van der Waals surface area contributed by atoms with Gasteiger partial charge in [0.05, 0.1) is 5.75 Å². The Labute approximate surface area is 145 Å². The lowest BCUT2D eigenvalue weighted by Gasteiger charge is -2.28. The molecule has 0 spiro atoms. The number of benzene rings is 2. The highest BCUT2D eigenvalue weighted by Crippen LogP contribution is 2.37. The number of hydrogen-bond acceptors (Lipinski definition) is 4. The van der Waals surface area contributed by atoms with Crippen LogP contribution in [0.25, 0.3) is 0 Å². The molecule has 7 heteroatoms. The van der Waals surface area contributed by atoms with Gasteiger partial charge in [0, 0.05) is 18.1 Å². The number of hydrogen-bond donors (Lipinski definition) is 0. The lowest BCUT2D eigenvalue weighted by molar-refractivity contribution is 0.174. The first-order chi connectivity index (χ1) is 11.5. The minimum absolute atomic E-state index is 0.0238. The Hall–Kier alpha value is -1.76. The van der Waals surface area contributed by atoms with Crippen molar-refractivity contribution in [3.05, 3.63) is 58.1 Å². The van der Waals surface area contributed by atoms with Gasteiger partial charge in [-0.1, -0.05) is 23.7 Å². The lowest BCUT2D eigenvalue weighted by Crippen LogP contribution is -2.36. The molecule has 0 saturated carbocycles. The van der Waals surface area contributed by atoms with E-state index in [-0.39, 0.29) is 12.5 Å². The predicted octanol–water partition coefficient (Wildman–Crippen LogP) is 2.96. The van der Waals surface area contributed by atoms with Crippen LogP contribution >= 0.6 is 11.6 Å². The second kappa shape index (κ2) is 5.95. The van der Waals surface area contributed by atoms with Gasteiger partial charge in [-0.2, -0.15) is 4.31 Å². The first-order valence-electron chi connectivity index (χ1n) is 7.65. The molecule has 0 radical (unpaired) electrons. The van der Waals surface area contributed by atoms with E-state index < -0.39 is 10.0 Å². The Bertz CT molecular complexity index is 880. The molecule has 0 amide bonds. The lowest BCUT2D eigenvalue weighted by atomic mass is 10.0. The van der Waals surface area contributed by atoms with E-state index in [1.54, 1.807) is 24.3 Å². The zero-order valence-corrected chi connectivity index (χ0v) is 14.4. The van der Waals surface area contributed by atoms with E-state index in [0.717, 1.165) is 22.4 Å². The molecule has 2 aromatic carbocycles. The first-order valence-corrected chi connectivity index (χ1v) is 9.64. The molecular formula is C17H16ClNO4S. The fraction of sp³-hybridized carbons (Fsp3) is 0.294. The van der Waals surface area contributed by atoms with Gasteiger partial charge >= 0.3 is 0 Å². The molecule has 4 rings (SSSR count). The number of sulfonamides is 1. The maximum atomic E-state index is 12.7. The van der Waals surface area contributed by atoms with Gasteiger partial charge in [-0.05, 0) is 47.4 Å². The summed E-state index contributed by atoms with van der Waals surface area (Å²) in [6.07, 6.45) is 0.672. The van der Waals surface area contributed by atoms with Gasteiger partial charge in [0.2, 0.25) is 16.8 Å². The minimum Gasteiger partial charge on any atom is -0.454 e. The summed E-state index contributed by atoms with van der Waals surface area (Å²) >= 11 is 5.85. The highest BCUT2D eigenvalue weighted by atomic mass is 35.5. The molecule has 0 aliphatic carbocycles. The van der Waals surface area contributed by atoms with Crippen molar-refractivity contribution in [1.29, 1.82) is 0 Å². The number of rotatable bonds is 3. The average Bonchev–Trinajstić information content (AvgIpc) is 3.01. The van der Waals surface area contributed by atoms with Crippen LogP contribution in [0.5, 0.6) is 11.5 Å². The van der Waals surface area contributed by atoms with Crippen molar-refractivity contribution >= 4 is 21.6 Å². The topological polar surface area (TPSA) is 55.8 Å². The Balaban J connectivity index is 1.56. The van der Waals surface area contributed by atoms with Crippen LogP contribution in [0.4, 0.5) is 0 Å². The van der Waals surface area contributed by atoms with E-state index in [1.165, 1.54) is 4.31 Å². The van der Waals surface area contributed by atoms with Crippen LogP contribution in [0.1, 0.15) is 16.7 Å². The molecule has 24 heavy (non-hydrogen) atoms. The van der Waals surface area contributed by atoms with E-state index in [4.69, 9.17) is 21.1 Å². The van der Waals surface area contributed by atoms with Gasteiger partial charge in [0.1, 0.15) is 0 Å². The van der Waals surface area contributed by atoms with Gasteiger partial charge in [0.25, 0.3) is 0 Å². The summed E-state index contributed by atoms with van der Waals surface area (Å²) in [7, 11) is -3.39. The van der Waals surface area contributed by atoms with Crippen molar-refractivity contribution in [2.45, 2.75) is 18.7 Å². The largest absolute Gasteiger partial charge is 0.454 e. The van der Waals surface area contributed by atoms with Crippen LogP contribution in [-0.4, -0.2) is 26.1 Å². The van der Waals surface area contributed by atoms with E-state index in [0.29, 0.717) is 30.3 Å². The molecule has 0 fully saturated rings. The third-order valence-corrected chi connectivity index (χ3v) is 6.38. The fourth-order valence-corrected chi connectivity index (χ4v) is 4.67. The van der Waals surface area contributed by atoms with Crippen LogP contribution in [-0.2, 0) is 28.7 Å². The molecule has 5 nitrogen and oxygen atoms in total. The number of nitrogens with zero attached hydrogens (tertiary/aromatic N) is 1. The van der Waals surface area contributed by atoms with Crippen molar-refractivity contribution < 1.29 is 17.9 Å². The maximum Gasteiger partial charge on any atom is 0.231 e. The molecule has 126 valence electrons. The summed E-state index contributed by atoms with van der Waals surface area (Å²) in [5.74, 6) is 1.40. The van der Waals surface area contributed by atoms with E-state index >= 15 is 0 Å². The standard InChI is InChI=1S/C17H16ClNO4S/c18-15-3-1-12(2-4-15)10-24(20,21)19-6-5-13-7-16-17(23-11-22-16)8-14(13)9-19/h1-4,7-8H,5-6,9-11H2. The second-order valence-corrected chi connectivity index (χ2v) is 8.35. The van der Waals surface area contributed by atoms with Gasteiger partial charge in [-0.15, -0.1) is 0 Å². The Morgan fingerprint density at radius 3 is 2.42 bits per heavy atom. The van der Waals surface area contributed by atoms with Crippen molar-refractivity contribution in [2.24, 2.45) is 0 Å². The highest BCUT2D eigenvalue weighted by Gasteiger charge is 2.29. The normalized spacial score (nSPS) is 16.9. The van der Waals surface area contributed by atoms with Crippen molar-refractivity contribution in [2.75, 3.05) is 13.3 Å². The monoisotopic (exact) mass is 365 g/mol. The van der Waals surface area contributed by atoms with Gasteiger partial charge in [0.15, 0.2) is 11.5 Å². The molecule has 2 aliphatic rings. The SMILES string of the molecule is O=S(=O)(Cc1ccc(Cl)cc1)N1CCc2cc3c(cc2C1)OCO3. The van der Waals surface area contributed by atoms with Crippen LogP contribution in [0.2, 0.25) is 5.02 Å². The summed E-state index contributed by atoms with van der Waals surface area (Å²) in [5.41, 5.74) is 2.83. The van der Waals surface area contributed by atoms with Crippen LogP contribution in [0, 0.1) is 0 Å². The fourth-order valence-electron chi connectivity index (χ4n) is 3.04. The highest BCUT2D eigenvalue weighted by molar-refractivity contribution is 7.88. The molecular weight excluding hydrogens is 350 g/mol. The summed E-state index contributed by atoms with van der Waals surface area (Å²) in [6, 6.07) is 10.8. The smallest absolute Gasteiger partial charge is 0.231 e. The first kappa shape index (κ1) is 15.7. The third kappa shape index (κ3) is 2.97. The Morgan fingerprint density at radius 2 is 1.71 bits per heavy atom. The number of fused-ring (bicyclic) bond motifs is 2. The molecule has 0 saturated heterocycles. The second-order valence-electron chi connectivity index (χ2n) is 5.94. The van der Waals surface area contributed by atoms with E-state index in [9.17, 15) is 8.42 Å². The van der Waals surface area contributed by atoms with E-state index in [2.05, 4.69) is 0 Å². The summed E-state index contributed by atoms with van der Waals surface area (Å²) in [4.78, 5) is 0. The Kier molecular flexibility index (Phi) is 3.90. The van der Waals surface area contributed by atoms with Crippen LogP contribution < -0.4 is 9.47 Å². The Morgan fingerprint density at radius 1 is 1.04 bits per heavy atom. The van der Waals surface area contributed by atoms with E-state index in [1.807, 2.05) is 12.1 Å². The molecule has 0 atom stereocenters. The molecule has 0 N–H and O–H groups in total. The van der Waals surface area contributed by atoms with Gasteiger partial charge in [-0.25, -0.2) is 8.42 Å². The van der Waals surface area contributed by atoms with Crippen molar-refractivity contribution in [3.8, 4) is 11.5 Å². The van der Waals surface area contributed by atoms with Gasteiger partial charge in [-0.3, -0.25) is 0 Å². The molecule has 2 aliphatic heterocycles. The van der Waals surface area contributed by atoms with Crippen LogP contribution in [0.15, 0.2) is 36.4 Å². The minimum atomic E-state index is -3.39. The molecule has 2 aromatic rings. The third-order valence-electron chi connectivity index (χ3n) is 4.33. The predicted molar refractivity (Wildman–Crippen MR) is 90.8 cm³/mol. The summed E-state index contributed by atoms with van der Waals surface area (Å²) in [5, 5.41) is 0.596. The molecule has 0 unspecified atom stereocenters. The zero-order chi connectivity index (χ0) is 16.7. The van der Waals surface area contributed by atoms with Crippen LogP contribution in [0.3, 0.4) is 0 Å². The maximum absolute atomic E-state index is 12.7. The van der Waals surface area contributed by atoms with Crippen molar-refractivity contribution in [1.82, 2.24) is 4.31 Å². The average molecular weight is 366 g/mol. The zero-order valence-electron chi connectivity index (χ0n) is 12.9. The quantitative estimate of drug-likeness (QED) is 0.839. The molecule has 0 bridgehead atoms. The number of ether oxygens (including phenoxy) is 2. The van der Waals surface area contributed by atoms with Gasteiger partial charge < -0.3 is 9.47 Å². The number of halogens is 1. The molecule has 2 heterocycles.